The molecule has 21 heavy (non-hydrogen) atoms. The Bertz CT molecular complexity index is 842. The van der Waals surface area contributed by atoms with Gasteiger partial charge in [-0.25, -0.2) is 13.2 Å². The van der Waals surface area contributed by atoms with E-state index >= 15 is 0 Å². The average Bonchev–Trinajstić information content (AvgIpc) is 2.88. The summed E-state index contributed by atoms with van der Waals surface area (Å²) >= 11 is 0. The van der Waals surface area contributed by atoms with Crippen LogP contribution in [0, 0.1) is 17.5 Å². The number of rotatable bonds is 2. The van der Waals surface area contributed by atoms with Crippen LogP contribution in [0.15, 0.2) is 42.6 Å². The summed E-state index contributed by atoms with van der Waals surface area (Å²) in [5, 5.41) is 2.88. The number of nitrogens with one attached hydrogen (secondary N) is 2. The predicted octanol–water partition coefficient (Wildman–Crippen LogP) is 3.84. The van der Waals surface area contributed by atoms with Gasteiger partial charge in [0.25, 0.3) is 5.91 Å². The van der Waals surface area contributed by atoms with Gasteiger partial charge in [0.1, 0.15) is 5.82 Å². The van der Waals surface area contributed by atoms with Crippen molar-refractivity contribution in [1.82, 2.24) is 4.98 Å². The van der Waals surface area contributed by atoms with Gasteiger partial charge in [0.05, 0.1) is 11.3 Å². The van der Waals surface area contributed by atoms with Crippen molar-refractivity contribution in [2.24, 2.45) is 0 Å². The van der Waals surface area contributed by atoms with E-state index < -0.39 is 29.0 Å². The van der Waals surface area contributed by atoms with Gasteiger partial charge in [-0.3, -0.25) is 4.79 Å². The van der Waals surface area contributed by atoms with E-state index in [4.69, 9.17) is 0 Å². The summed E-state index contributed by atoms with van der Waals surface area (Å²) < 4.78 is 39.5. The Balaban J connectivity index is 1.95. The minimum Gasteiger partial charge on any atom is -0.360 e. The predicted molar refractivity (Wildman–Crippen MR) is 72.6 cm³/mol. The highest BCUT2D eigenvalue weighted by Crippen LogP contribution is 2.22. The molecule has 106 valence electrons. The highest BCUT2D eigenvalue weighted by molar-refractivity contribution is 6.12. The Morgan fingerprint density at radius 2 is 1.71 bits per heavy atom. The molecule has 0 aliphatic carbocycles. The molecule has 2 aromatic carbocycles. The van der Waals surface area contributed by atoms with Gasteiger partial charge < -0.3 is 10.3 Å². The molecule has 0 aliphatic heterocycles. The quantitative estimate of drug-likeness (QED) is 0.692. The Labute approximate surface area is 117 Å². The minimum atomic E-state index is -1.31. The molecule has 0 saturated carbocycles. The van der Waals surface area contributed by atoms with E-state index in [-0.39, 0.29) is 5.56 Å². The Morgan fingerprint density at radius 1 is 1.00 bits per heavy atom. The van der Waals surface area contributed by atoms with Crippen LogP contribution in [-0.2, 0) is 0 Å². The molecular formula is C15H9F3N2O. The van der Waals surface area contributed by atoms with Crippen molar-refractivity contribution in [2.75, 3.05) is 5.32 Å². The molecular weight excluding hydrogens is 281 g/mol. The lowest BCUT2D eigenvalue weighted by Gasteiger charge is -2.06. The summed E-state index contributed by atoms with van der Waals surface area (Å²) in [6, 6.07) is 8.06. The summed E-state index contributed by atoms with van der Waals surface area (Å²) in [7, 11) is 0. The number of aromatic amines is 1. The molecule has 0 atom stereocenters. The van der Waals surface area contributed by atoms with Gasteiger partial charge in [0.15, 0.2) is 11.6 Å². The SMILES string of the molecule is O=C(Nc1cc(F)c(F)cc1F)c1c[nH]c2ccccc12. The van der Waals surface area contributed by atoms with Crippen molar-refractivity contribution < 1.29 is 18.0 Å². The normalized spacial score (nSPS) is 10.8. The molecule has 1 aromatic heterocycles. The van der Waals surface area contributed by atoms with Gasteiger partial charge in [-0.1, -0.05) is 18.2 Å². The van der Waals surface area contributed by atoms with Crippen molar-refractivity contribution in [2.45, 2.75) is 0 Å². The van der Waals surface area contributed by atoms with Crippen LogP contribution in [-0.4, -0.2) is 10.9 Å². The number of carbonyl (C=O) groups excluding carboxylic acids is 1. The Morgan fingerprint density at radius 3 is 2.52 bits per heavy atom. The van der Waals surface area contributed by atoms with Crippen molar-refractivity contribution in [3.8, 4) is 0 Å². The topological polar surface area (TPSA) is 44.9 Å². The number of benzene rings is 2. The molecule has 0 fully saturated rings. The van der Waals surface area contributed by atoms with E-state index in [1.807, 2.05) is 0 Å². The van der Waals surface area contributed by atoms with Crippen molar-refractivity contribution in [3.05, 3.63) is 65.6 Å². The van der Waals surface area contributed by atoms with E-state index in [0.717, 1.165) is 5.52 Å². The first-order valence-corrected chi connectivity index (χ1v) is 6.08. The molecule has 0 spiro atoms. The summed E-state index contributed by atoms with van der Waals surface area (Å²) in [6.45, 7) is 0. The third kappa shape index (κ3) is 2.35. The number of carbonyl (C=O) groups is 1. The number of aromatic nitrogens is 1. The van der Waals surface area contributed by atoms with Crippen LogP contribution in [0.3, 0.4) is 0 Å². The van der Waals surface area contributed by atoms with Gasteiger partial charge in [0, 0.05) is 29.2 Å². The van der Waals surface area contributed by atoms with Gasteiger partial charge in [-0.2, -0.15) is 0 Å². The fourth-order valence-corrected chi connectivity index (χ4v) is 2.07. The molecule has 1 amide bonds. The summed E-state index contributed by atoms with van der Waals surface area (Å²) in [6.07, 6.45) is 1.47. The first kappa shape index (κ1) is 13.2. The Hall–Kier alpha value is -2.76. The number of hydrogen-bond donors (Lipinski definition) is 2. The fraction of sp³-hybridized carbons (Fsp3) is 0. The molecule has 0 aliphatic rings. The van der Waals surface area contributed by atoms with Crippen LogP contribution in [0.4, 0.5) is 18.9 Å². The Kier molecular flexibility index (Phi) is 3.13. The van der Waals surface area contributed by atoms with E-state index in [9.17, 15) is 18.0 Å². The van der Waals surface area contributed by atoms with Gasteiger partial charge >= 0.3 is 0 Å². The lowest BCUT2D eigenvalue weighted by atomic mass is 10.1. The fourth-order valence-electron chi connectivity index (χ4n) is 2.07. The monoisotopic (exact) mass is 290 g/mol. The molecule has 6 heteroatoms. The number of fused-ring (bicyclic) bond motifs is 1. The van der Waals surface area contributed by atoms with E-state index in [1.165, 1.54) is 6.20 Å². The second-order valence-corrected chi connectivity index (χ2v) is 4.45. The van der Waals surface area contributed by atoms with Crippen LogP contribution in [0.25, 0.3) is 10.9 Å². The summed E-state index contributed by atoms with van der Waals surface area (Å²) in [5.41, 5.74) is 0.618. The van der Waals surface area contributed by atoms with E-state index in [0.29, 0.717) is 17.5 Å². The minimum absolute atomic E-state index is 0.287. The first-order chi connectivity index (χ1) is 10.1. The molecule has 0 radical (unpaired) electrons. The third-order valence-electron chi connectivity index (χ3n) is 3.09. The first-order valence-electron chi connectivity index (χ1n) is 6.08. The van der Waals surface area contributed by atoms with Gasteiger partial charge in [-0.15, -0.1) is 0 Å². The number of halogens is 3. The second-order valence-electron chi connectivity index (χ2n) is 4.45. The number of para-hydroxylation sites is 1. The lowest BCUT2D eigenvalue weighted by Crippen LogP contribution is -2.13. The molecule has 0 saturated heterocycles. The van der Waals surface area contributed by atoms with Crippen LogP contribution >= 0.6 is 0 Å². The highest BCUT2D eigenvalue weighted by atomic mass is 19.2. The summed E-state index contributed by atoms with van der Waals surface area (Å²) in [4.78, 5) is 15.0. The van der Waals surface area contributed by atoms with Crippen LogP contribution in [0.2, 0.25) is 0 Å². The molecule has 0 bridgehead atoms. The highest BCUT2D eigenvalue weighted by Gasteiger charge is 2.16. The average molecular weight is 290 g/mol. The van der Waals surface area contributed by atoms with Crippen LogP contribution in [0.5, 0.6) is 0 Å². The second kappa shape index (κ2) is 4.97. The molecule has 2 N–H and O–H groups in total. The molecule has 3 nitrogen and oxygen atoms in total. The summed E-state index contributed by atoms with van der Waals surface area (Å²) in [5.74, 6) is -4.19. The molecule has 3 aromatic rings. The molecule has 3 rings (SSSR count). The molecule has 0 unspecified atom stereocenters. The van der Waals surface area contributed by atoms with Gasteiger partial charge in [-0.05, 0) is 6.07 Å². The zero-order valence-corrected chi connectivity index (χ0v) is 10.6. The number of H-pyrrole nitrogens is 1. The smallest absolute Gasteiger partial charge is 0.257 e. The standard InChI is InChI=1S/C15H9F3N2O/c16-10-5-12(18)14(6-11(10)17)20-15(21)9-7-19-13-4-2-1-3-8(9)13/h1-7,19H,(H,20,21). The number of hydrogen-bond acceptors (Lipinski definition) is 1. The lowest BCUT2D eigenvalue weighted by molar-refractivity contribution is 0.102. The zero-order valence-electron chi connectivity index (χ0n) is 10.6. The maximum atomic E-state index is 13.5. The number of anilines is 1. The van der Waals surface area contributed by atoms with Crippen molar-refractivity contribution in [1.29, 1.82) is 0 Å². The maximum absolute atomic E-state index is 13.5. The van der Waals surface area contributed by atoms with Gasteiger partial charge in [0.2, 0.25) is 0 Å². The molecule has 1 heterocycles. The zero-order chi connectivity index (χ0) is 15.0. The largest absolute Gasteiger partial charge is 0.360 e. The van der Waals surface area contributed by atoms with Crippen LogP contribution < -0.4 is 5.32 Å². The van der Waals surface area contributed by atoms with Crippen molar-refractivity contribution >= 4 is 22.5 Å². The van der Waals surface area contributed by atoms with Crippen LogP contribution in [0.1, 0.15) is 10.4 Å². The van der Waals surface area contributed by atoms with E-state index in [2.05, 4.69) is 10.3 Å². The third-order valence-corrected chi connectivity index (χ3v) is 3.09. The van der Waals surface area contributed by atoms with E-state index in [1.54, 1.807) is 24.3 Å². The maximum Gasteiger partial charge on any atom is 0.257 e. The number of amides is 1. The van der Waals surface area contributed by atoms with Crippen molar-refractivity contribution in [3.63, 3.8) is 0 Å².